The minimum absolute atomic E-state index is 0.0476. The molecular weight excluding hydrogens is 288 g/mol. The number of hydrogen-bond acceptors (Lipinski definition) is 5. The highest BCUT2D eigenvalue weighted by Gasteiger charge is 2.35. The Hall–Kier alpha value is -1.73. The Kier molecular flexibility index (Phi) is 3.77. The number of ether oxygens (including phenoxy) is 1. The lowest BCUT2D eigenvalue weighted by Crippen LogP contribution is -2.42. The Morgan fingerprint density at radius 2 is 2.33 bits per heavy atom. The molecule has 0 saturated heterocycles. The Morgan fingerprint density at radius 3 is 3.00 bits per heavy atom. The predicted octanol–water partition coefficient (Wildman–Crippen LogP) is 1.57. The third-order valence-electron chi connectivity index (χ3n) is 3.79. The normalized spacial score (nSPS) is 17.9. The monoisotopic (exact) mass is 306 g/mol. The summed E-state index contributed by atoms with van der Waals surface area (Å²) >= 11 is 1.52. The topological polar surface area (TPSA) is 60.3 Å². The molecule has 7 heteroatoms. The van der Waals surface area contributed by atoms with Crippen molar-refractivity contribution in [2.45, 2.75) is 19.4 Å². The van der Waals surface area contributed by atoms with E-state index in [1.165, 1.54) is 11.3 Å². The van der Waals surface area contributed by atoms with Crippen LogP contribution in [-0.2, 0) is 18.2 Å². The van der Waals surface area contributed by atoms with Crippen molar-refractivity contribution in [1.82, 2.24) is 19.9 Å². The number of aromatic nitrogens is 3. The van der Waals surface area contributed by atoms with E-state index in [9.17, 15) is 4.79 Å². The van der Waals surface area contributed by atoms with Crippen LogP contribution in [0.1, 0.15) is 32.0 Å². The molecule has 1 amide bonds. The van der Waals surface area contributed by atoms with Gasteiger partial charge in [0.05, 0.1) is 17.2 Å². The standard InChI is InChI=1S/C14H18N4O2S/c1-9-4-5-12(21-9)14(19)18-7-6-10-13(11(18)8-20-3)15-16-17(10)2/h4-5,11H,6-8H2,1-3H3. The quantitative estimate of drug-likeness (QED) is 0.863. The fourth-order valence-electron chi connectivity index (χ4n) is 2.73. The second-order valence-electron chi connectivity index (χ2n) is 5.17. The summed E-state index contributed by atoms with van der Waals surface area (Å²) in [4.78, 5) is 16.5. The summed E-state index contributed by atoms with van der Waals surface area (Å²) in [6, 6.07) is 3.70. The molecule has 1 aliphatic heterocycles. The van der Waals surface area contributed by atoms with Crippen LogP contribution in [-0.4, -0.2) is 46.1 Å². The SMILES string of the molecule is COCC1c2nnn(C)c2CCN1C(=O)c1ccc(C)s1. The van der Waals surface area contributed by atoms with Gasteiger partial charge in [-0.25, -0.2) is 0 Å². The fourth-order valence-corrected chi connectivity index (χ4v) is 3.56. The van der Waals surface area contributed by atoms with Gasteiger partial charge in [-0.15, -0.1) is 16.4 Å². The number of carbonyl (C=O) groups is 1. The van der Waals surface area contributed by atoms with Gasteiger partial charge in [0.1, 0.15) is 11.7 Å². The average Bonchev–Trinajstić information content (AvgIpc) is 3.06. The first-order valence-electron chi connectivity index (χ1n) is 6.86. The average molecular weight is 306 g/mol. The minimum atomic E-state index is -0.164. The summed E-state index contributed by atoms with van der Waals surface area (Å²) < 4.78 is 7.09. The van der Waals surface area contributed by atoms with Crippen LogP contribution in [0.4, 0.5) is 0 Å². The number of carbonyl (C=O) groups excluding carboxylic acids is 1. The molecule has 0 aromatic carbocycles. The zero-order valence-electron chi connectivity index (χ0n) is 12.4. The van der Waals surface area contributed by atoms with Crippen molar-refractivity contribution < 1.29 is 9.53 Å². The molecule has 1 aliphatic rings. The van der Waals surface area contributed by atoms with Gasteiger partial charge in [0, 0.05) is 32.0 Å². The van der Waals surface area contributed by atoms with Gasteiger partial charge in [0.15, 0.2) is 0 Å². The summed E-state index contributed by atoms with van der Waals surface area (Å²) in [5.41, 5.74) is 1.94. The van der Waals surface area contributed by atoms with Crippen LogP contribution in [0.15, 0.2) is 12.1 Å². The van der Waals surface area contributed by atoms with Crippen LogP contribution in [0.5, 0.6) is 0 Å². The maximum Gasteiger partial charge on any atom is 0.264 e. The maximum atomic E-state index is 12.7. The van der Waals surface area contributed by atoms with E-state index in [0.29, 0.717) is 13.2 Å². The van der Waals surface area contributed by atoms with Crippen LogP contribution < -0.4 is 0 Å². The van der Waals surface area contributed by atoms with Crippen molar-refractivity contribution in [3.05, 3.63) is 33.3 Å². The molecule has 0 spiro atoms. The van der Waals surface area contributed by atoms with Gasteiger partial charge >= 0.3 is 0 Å². The Labute approximate surface area is 127 Å². The van der Waals surface area contributed by atoms with Crippen molar-refractivity contribution in [3.63, 3.8) is 0 Å². The molecule has 3 rings (SSSR count). The maximum absolute atomic E-state index is 12.7. The largest absolute Gasteiger partial charge is 0.382 e. The number of fused-ring (bicyclic) bond motifs is 1. The second-order valence-corrected chi connectivity index (χ2v) is 6.46. The molecule has 6 nitrogen and oxygen atoms in total. The summed E-state index contributed by atoms with van der Waals surface area (Å²) in [6.45, 7) is 3.10. The van der Waals surface area contributed by atoms with Crippen molar-refractivity contribution in [1.29, 1.82) is 0 Å². The number of amides is 1. The van der Waals surface area contributed by atoms with E-state index in [2.05, 4.69) is 10.3 Å². The Bertz CT molecular complexity index is 664. The summed E-state index contributed by atoms with van der Waals surface area (Å²) in [5, 5.41) is 8.31. The molecule has 0 fully saturated rings. The molecule has 0 saturated carbocycles. The van der Waals surface area contributed by atoms with E-state index in [0.717, 1.165) is 27.6 Å². The Balaban J connectivity index is 1.93. The van der Waals surface area contributed by atoms with Gasteiger partial charge in [-0.1, -0.05) is 5.21 Å². The lowest BCUT2D eigenvalue weighted by Gasteiger charge is -2.34. The molecular formula is C14H18N4O2S. The number of thiophene rings is 1. The van der Waals surface area contributed by atoms with Crippen molar-refractivity contribution in [2.75, 3.05) is 20.3 Å². The van der Waals surface area contributed by atoms with Gasteiger partial charge in [0.25, 0.3) is 5.91 Å². The molecule has 0 aliphatic carbocycles. The number of rotatable bonds is 3. The van der Waals surface area contributed by atoms with Gasteiger partial charge in [0.2, 0.25) is 0 Å². The molecule has 0 bridgehead atoms. The highest BCUT2D eigenvalue weighted by molar-refractivity contribution is 7.13. The molecule has 112 valence electrons. The van der Waals surface area contributed by atoms with Gasteiger partial charge in [-0.3, -0.25) is 9.48 Å². The third kappa shape index (κ3) is 2.47. The van der Waals surface area contributed by atoms with E-state index in [4.69, 9.17) is 4.74 Å². The first-order valence-corrected chi connectivity index (χ1v) is 7.68. The van der Waals surface area contributed by atoms with Crippen LogP contribution in [0.25, 0.3) is 0 Å². The van der Waals surface area contributed by atoms with Crippen molar-refractivity contribution >= 4 is 17.2 Å². The van der Waals surface area contributed by atoms with Crippen LogP contribution in [0.2, 0.25) is 0 Å². The summed E-state index contributed by atoms with van der Waals surface area (Å²) in [5.74, 6) is 0.0476. The van der Waals surface area contributed by atoms with E-state index in [1.54, 1.807) is 11.8 Å². The minimum Gasteiger partial charge on any atom is -0.382 e. The van der Waals surface area contributed by atoms with Gasteiger partial charge in [-0.2, -0.15) is 0 Å². The molecule has 0 N–H and O–H groups in total. The fraction of sp³-hybridized carbons (Fsp3) is 0.500. The molecule has 2 aromatic heterocycles. The van der Waals surface area contributed by atoms with Gasteiger partial charge in [-0.05, 0) is 19.1 Å². The van der Waals surface area contributed by atoms with Crippen LogP contribution in [0, 0.1) is 6.92 Å². The smallest absolute Gasteiger partial charge is 0.264 e. The van der Waals surface area contributed by atoms with E-state index >= 15 is 0 Å². The summed E-state index contributed by atoms with van der Waals surface area (Å²) in [7, 11) is 3.53. The second kappa shape index (κ2) is 5.57. The van der Waals surface area contributed by atoms with Gasteiger partial charge < -0.3 is 9.64 Å². The molecule has 1 unspecified atom stereocenters. The van der Waals surface area contributed by atoms with Crippen LogP contribution in [0.3, 0.4) is 0 Å². The molecule has 3 heterocycles. The molecule has 21 heavy (non-hydrogen) atoms. The molecule has 0 radical (unpaired) electrons. The highest BCUT2D eigenvalue weighted by atomic mass is 32.1. The van der Waals surface area contributed by atoms with Crippen molar-refractivity contribution in [2.24, 2.45) is 7.05 Å². The highest BCUT2D eigenvalue weighted by Crippen LogP contribution is 2.30. The first kappa shape index (κ1) is 14.2. The molecule has 2 aromatic rings. The van der Waals surface area contributed by atoms with E-state index < -0.39 is 0 Å². The number of nitrogens with zero attached hydrogens (tertiary/aromatic N) is 4. The lowest BCUT2D eigenvalue weighted by atomic mass is 10.0. The van der Waals surface area contributed by atoms with Crippen molar-refractivity contribution in [3.8, 4) is 0 Å². The zero-order chi connectivity index (χ0) is 15.0. The van der Waals surface area contributed by atoms with E-state index in [1.807, 2.05) is 31.0 Å². The number of methoxy groups -OCH3 is 1. The molecule has 1 atom stereocenters. The number of aryl methyl sites for hydroxylation is 2. The Morgan fingerprint density at radius 1 is 1.52 bits per heavy atom. The predicted molar refractivity (Wildman–Crippen MR) is 79.4 cm³/mol. The zero-order valence-corrected chi connectivity index (χ0v) is 13.2. The van der Waals surface area contributed by atoms with E-state index in [-0.39, 0.29) is 11.9 Å². The first-order chi connectivity index (χ1) is 10.1. The van der Waals surface area contributed by atoms with Crippen LogP contribution >= 0.6 is 11.3 Å². The third-order valence-corrected chi connectivity index (χ3v) is 4.78. The summed E-state index contributed by atoms with van der Waals surface area (Å²) in [6.07, 6.45) is 0.773. The lowest BCUT2D eigenvalue weighted by molar-refractivity contribution is 0.0495. The number of hydrogen-bond donors (Lipinski definition) is 0.